The highest BCUT2D eigenvalue weighted by Gasteiger charge is 2.33. The summed E-state index contributed by atoms with van der Waals surface area (Å²) >= 11 is 1.14. The summed E-state index contributed by atoms with van der Waals surface area (Å²) in [7, 11) is 6.18. The number of esters is 1. The second-order valence-electron chi connectivity index (χ2n) is 6.62. The number of methoxy groups -OCH3 is 4. The molecule has 0 radical (unpaired) electrons. The molecule has 0 saturated carbocycles. The fourth-order valence-electron chi connectivity index (χ4n) is 3.07. The Bertz CT molecular complexity index is 1140. The lowest BCUT2D eigenvalue weighted by Gasteiger charge is -2.09. The van der Waals surface area contributed by atoms with Gasteiger partial charge in [-0.15, -0.1) is 0 Å². The maximum absolute atomic E-state index is 12.7. The number of benzene rings is 2. The number of thioether (sulfide) groups is 1. The van der Waals surface area contributed by atoms with Gasteiger partial charge in [-0.1, -0.05) is 11.8 Å². The van der Waals surface area contributed by atoms with E-state index in [9.17, 15) is 9.90 Å². The van der Waals surface area contributed by atoms with Crippen LogP contribution in [-0.4, -0.2) is 51.2 Å². The van der Waals surface area contributed by atoms with Crippen molar-refractivity contribution in [1.29, 1.82) is 0 Å². The number of hydrogen-bond acceptors (Lipinski definition) is 9. The van der Waals surface area contributed by atoms with Crippen molar-refractivity contribution in [1.82, 2.24) is 0 Å². The summed E-state index contributed by atoms with van der Waals surface area (Å²) in [6, 6.07) is 10.4. The van der Waals surface area contributed by atoms with Crippen LogP contribution >= 0.6 is 11.8 Å². The third kappa shape index (κ3) is 5.25. The number of carbonyl (C=O) groups is 1. The van der Waals surface area contributed by atoms with Crippen LogP contribution in [0.2, 0.25) is 0 Å². The van der Waals surface area contributed by atoms with Crippen LogP contribution in [0.3, 0.4) is 0 Å². The summed E-state index contributed by atoms with van der Waals surface area (Å²) in [5.41, 5.74) is 1.11. The molecule has 8 nitrogen and oxygen atoms in total. The van der Waals surface area contributed by atoms with Gasteiger partial charge in [-0.25, -0.2) is 9.79 Å². The molecule has 3 rings (SSSR count). The molecule has 9 heteroatoms. The Kier molecular flexibility index (Phi) is 7.89. The van der Waals surface area contributed by atoms with Gasteiger partial charge in [-0.05, 0) is 43.3 Å². The van der Waals surface area contributed by atoms with Crippen molar-refractivity contribution >= 4 is 34.5 Å². The zero-order valence-corrected chi connectivity index (χ0v) is 19.8. The number of aliphatic hydroxyl groups excluding tert-OH is 1. The van der Waals surface area contributed by atoms with Crippen molar-refractivity contribution in [2.24, 2.45) is 4.99 Å². The Balaban J connectivity index is 2.12. The maximum atomic E-state index is 12.7. The molecule has 0 saturated heterocycles. The van der Waals surface area contributed by atoms with Gasteiger partial charge in [-0.3, -0.25) is 0 Å². The van der Waals surface area contributed by atoms with E-state index in [-0.39, 0.29) is 23.0 Å². The molecule has 0 unspecified atom stereocenters. The third-order valence-corrected chi connectivity index (χ3v) is 5.72. The lowest BCUT2D eigenvalue weighted by molar-refractivity contribution is -0.138. The zero-order chi connectivity index (χ0) is 24.0. The Labute approximate surface area is 196 Å². The highest BCUT2D eigenvalue weighted by atomic mass is 32.2. The number of hydrogen-bond donors (Lipinski definition) is 1. The highest BCUT2D eigenvalue weighted by Crippen LogP contribution is 2.43. The summed E-state index contributed by atoms with van der Waals surface area (Å²) in [6.45, 7) is 1.85. The normalized spacial score (nSPS) is 15.7. The SMILES string of the molecule is CCOC(=O)C1=C(O)/C(=C\c2cc(OC)ccc2OC)SC1=Nc1ccc(OC)cc1OC. The Morgan fingerprint density at radius 3 is 2.27 bits per heavy atom. The highest BCUT2D eigenvalue weighted by molar-refractivity contribution is 8.18. The molecule has 0 spiro atoms. The largest absolute Gasteiger partial charge is 0.506 e. The minimum Gasteiger partial charge on any atom is -0.506 e. The number of ether oxygens (including phenoxy) is 5. The first-order chi connectivity index (χ1) is 15.9. The van der Waals surface area contributed by atoms with E-state index in [2.05, 4.69) is 4.99 Å². The Hall–Kier alpha value is -3.59. The van der Waals surface area contributed by atoms with Crippen molar-refractivity contribution in [3.63, 3.8) is 0 Å². The molecule has 1 N–H and O–H groups in total. The minimum absolute atomic E-state index is 0.0205. The quantitative estimate of drug-likeness (QED) is 0.543. The third-order valence-electron chi connectivity index (χ3n) is 4.70. The van der Waals surface area contributed by atoms with E-state index < -0.39 is 5.97 Å². The monoisotopic (exact) mass is 471 g/mol. The standard InChI is InChI=1S/C24H25NO7S/c1-6-32-24(27)21-22(26)20(12-14-11-15(28-2)8-10-18(14)30-4)33-23(21)25-17-9-7-16(29-3)13-19(17)31-5/h7-13,26H,6H2,1-5H3/b20-12+,25-23?. The lowest BCUT2D eigenvalue weighted by Crippen LogP contribution is -2.12. The van der Waals surface area contributed by atoms with Crippen molar-refractivity contribution < 1.29 is 33.6 Å². The molecule has 0 aromatic heterocycles. The van der Waals surface area contributed by atoms with Gasteiger partial charge >= 0.3 is 5.97 Å². The van der Waals surface area contributed by atoms with E-state index in [1.165, 1.54) is 7.11 Å². The van der Waals surface area contributed by atoms with Crippen molar-refractivity contribution in [2.45, 2.75) is 6.92 Å². The fraction of sp³-hybridized carbons (Fsp3) is 0.250. The van der Waals surface area contributed by atoms with Crippen molar-refractivity contribution in [2.75, 3.05) is 35.0 Å². The molecule has 2 aromatic rings. The van der Waals surface area contributed by atoms with Gasteiger partial charge in [0.05, 0.1) is 40.0 Å². The van der Waals surface area contributed by atoms with Gasteiger partial charge in [0.25, 0.3) is 0 Å². The minimum atomic E-state index is -0.672. The van der Waals surface area contributed by atoms with Gasteiger partial charge in [0.1, 0.15) is 45.1 Å². The number of rotatable bonds is 8. The molecule has 174 valence electrons. The summed E-state index contributed by atoms with van der Waals surface area (Å²) in [5, 5.41) is 11.2. The maximum Gasteiger partial charge on any atom is 0.344 e. The summed E-state index contributed by atoms with van der Waals surface area (Å²) < 4.78 is 26.5. The first-order valence-corrected chi connectivity index (χ1v) is 10.8. The summed E-state index contributed by atoms with van der Waals surface area (Å²) in [4.78, 5) is 17.7. The number of aliphatic imine (C=N–C) groups is 1. The van der Waals surface area contributed by atoms with E-state index in [0.29, 0.717) is 39.2 Å². The molecule has 0 amide bonds. The van der Waals surface area contributed by atoms with Crippen LogP contribution in [0.5, 0.6) is 23.0 Å². The second-order valence-corrected chi connectivity index (χ2v) is 7.65. The lowest BCUT2D eigenvalue weighted by atomic mass is 10.1. The smallest absolute Gasteiger partial charge is 0.344 e. The molecule has 0 bridgehead atoms. The average molecular weight is 472 g/mol. The molecule has 1 aliphatic heterocycles. The van der Waals surface area contributed by atoms with Crippen LogP contribution < -0.4 is 18.9 Å². The molecule has 0 aliphatic carbocycles. The number of nitrogens with zero attached hydrogens (tertiary/aromatic N) is 1. The van der Waals surface area contributed by atoms with Gasteiger partial charge in [0, 0.05) is 11.6 Å². The molecule has 0 fully saturated rings. The molecule has 0 atom stereocenters. The van der Waals surface area contributed by atoms with Crippen LogP contribution in [0.15, 0.2) is 57.6 Å². The average Bonchev–Trinajstić information content (AvgIpc) is 3.13. The second kappa shape index (κ2) is 10.8. The Morgan fingerprint density at radius 1 is 0.970 bits per heavy atom. The van der Waals surface area contributed by atoms with Gasteiger partial charge < -0.3 is 28.8 Å². The van der Waals surface area contributed by atoms with E-state index in [0.717, 1.165) is 11.8 Å². The van der Waals surface area contributed by atoms with Crippen LogP contribution in [-0.2, 0) is 9.53 Å². The number of carbonyl (C=O) groups excluding carboxylic acids is 1. The van der Waals surface area contributed by atoms with Crippen LogP contribution in [0.4, 0.5) is 5.69 Å². The fourth-order valence-corrected chi connectivity index (χ4v) is 4.09. The predicted molar refractivity (Wildman–Crippen MR) is 128 cm³/mol. The van der Waals surface area contributed by atoms with Crippen LogP contribution in [0.1, 0.15) is 12.5 Å². The number of aliphatic hydroxyl groups is 1. The van der Waals surface area contributed by atoms with Crippen molar-refractivity contribution in [3.8, 4) is 23.0 Å². The van der Waals surface area contributed by atoms with Gasteiger partial charge in [0.2, 0.25) is 0 Å². The van der Waals surface area contributed by atoms with Crippen molar-refractivity contribution in [3.05, 3.63) is 58.2 Å². The molecule has 1 heterocycles. The molecule has 1 aliphatic rings. The topological polar surface area (TPSA) is 95.8 Å². The van der Waals surface area contributed by atoms with E-state index in [1.54, 1.807) is 70.7 Å². The Morgan fingerprint density at radius 2 is 1.64 bits per heavy atom. The molecule has 2 aromatic carbocycles. The van der Waals surface area contributed by atoms with Crippen LogP contribution in [0.25, 0.3) is 6.08 Å². The summed E-state index contributed by atoms with van der Waals surface area (Å²) in [6.07, 6.45) is 1.70. The van der Waals surface area contributed by atoms with Crippen LogP contribution in [0, 0.1) is 0 Å². The molecule has 33 heavy (non-hydrogen) atoms. The first-order valence-electron chi connectivity index (χ1n) is 9.99. The van der Waals surface area contributed by atoms with Gasteiger partial charge in [-0.2, -0.15) is 0 Å². The predicted octanol–water partition coefficient (Wildman–Crippen LogP) is 4.91. The molecular formula is C24H25NO7S. The first kappa shape index (κ1) is 24.1. The zero-order valence-electron chi connectivity index (χ0n) is 19.0. The van der Waals surface area contributed by atoms with E-state index >= 15 is 0 Å². The molecular weight excluding hydrogens is 446 g/mol. The van der Waals surface area contributed by atoms with E-state index in [1.807, 2.05) is 0 Å². The summed E-state index contributed by atoms with van der Waals surface area (Å²) in [5.74, 6) is 1.36. The van der Waals surface area contributed by atoms with E-state index in [4.69, 9.17) is 23.7 Å². The van der Waals surface area contributed by atoms with Gasteiger partial charge in [0.15, 0.2) is 0 Å².